The van der Waals surface area contributed by atoms with E-state index in [1.807, 2.05) is 19.3 Å². The van der Waals surface area contributed by atoms with Gasteiger partial charge in [-0.2, -0.15) is 0 Å². The van der Waals surface area contributed by atoms with Crippen LogP contribution in [-0.4, -0.2) is 11.0 Å². The van der Waals surface area contributed by atoms with Gasteiger partial charge in [-0.25, -0.2) is 0 Å². The molecule has 1 aromatic heterocycles. The number of nitrogens with two attached hydrogens (primary N) is 1. The first-order valence-electron chi connectivity index (χ1n) is 4.34. The van der Waals surface area contributed by atoms with E-state index < -0.39 is 0 Å². The number of aromatic nitrogens is 1. The minimum atomic E-state index is 0.283. The van der Waals surface area contributed by atoms with Crippen molar-refractivity contribution in [2.75, 3.05) is 0 Å². The first-order chi connectivity index (χ1) is 5.68. The summed E-state index contributed by atoms with van der Waals surface area (Å²) < 4.78 is 0. The van der Waals surface area contributed by atoms with Crippen LogP contribution in [0.5, 0.6) is 0 Å². The molecule has 66 valence electrons. The Bertz CT molecular complexity index is 243. The number of nitrogens with zero attached hydrogens (tertiary/aromatic N) is 1. The minimum Gasteiger partial charge on any atom is -0.328 e. The van der Waals surface area contributed by atoms with Crippen molar-refractivity contribution in [3.63, 3.8) is 0 Å². The third kappa shape index (κ3) is 3.01. The molecule has 0 saturated carbocycles. The molecule has 0 fully saturated rings. The Morgan fingerprint density at radius 3 is 2.83 bits per heavy atom. The molecule has 0 aliphatic rings. The van der Waals surface area contributed by atoms with Crippen LogP contribution >= 0.6 is 0 Å². The highest BCUT2D eigenvalue weighted by molar-refractivity contribution is 5.16. The lowest BCUT2D eigenvalue weighted by atomic mass is 10.1. The maximum Gasteiger partial charge on any atom is 0.0300 e. The van der Waals surface area contributed by atoms with Gasteiger partial charge >= 0.3 is 0 Å². The second kappa shape index (κ2) is 4.21. The Hall–Kier alpha value is -0.890. The highest BCUT2D eigenvalue weighted by Crippen LogP contribution is 2.04. The molecule has 12 heavy (non-hydrogen) atoms. The standard InChI is InChI=1S/C10H16N2/c1-8-5-10(7-12-6-8)4-3-9(2)11/h5-7,9H,3-4,11H2,1-2H3/t9-/m1/s1. The molecule has 0 unspecified atom stereocenters. The summed E-state index contributed by atoms with van der Waals surface area (Å²) in [6.07, 6.45) is 5.85. The molecule has 0 aromatic carbocycles. The van der Waals surface area contributed by atoms with Gasteiger partial charge in [-0.05, 0) is 37.8 Å². The fourth-order valence-electron chi connectivity index (χ4n) is 1.15. The maximum atomic E-state index is 5.66. The van der Waals surface area contributed by atoms with Gasteiger partial charge in [0.05, 0.1) is 0 Å². The monoisotopic (exact) mass is 164 g/mol. The molecule has 1 atom stereocenters. The lowest BCUT2D eigenvalue weighted by Gasteiger charge is -2.04. The molecule has 1 rings (SSSR count). The maximum absolute atomic E-state index is 5.66. The van der Waals surface area contributed by atoms with E-state index in [1.54, 1.807) is 0 Å². The highest BCUT2D eigenvalue weighted by atomic mass is 14.6. The predicted molar refractivity (Wildman–Crippen MR) is 50.9 cm³/mol. The second-order valence-electron chi connectivity index (χ2n) is 3.39. The Balaban J connectivity index is 2.52. The Morgan fingerprint density at radius 1 is 1.50 bits per heavy atom. The van der Waals surface area contributed by atoms with E-state index in [-0.39, 0.29) is 6.04 Å². The zero-order chi connectivity index (χ0) is 8.97. The van der Waals surface area contributed by atoms with Crippen molar-refractivity contribution in [1.82, 2.24) is 4.98 Å². The van der Waals surface area contributed by atoms with Crippen molar-refractivity contribution >= 4 is 0 Å². The van der Waals surface area contributed by atoms with Crippen LogP contribution in [0.1, 0.15) is 24.5 Å². The van der Waals surface area contributed by atoms with Crippen molar-refractivity contribution in [3.8, 4) is 0 Å². The van der Waals surface area contributed by atoms with E-state index in [9.17, 15) is 0 Å². The number of rotatable bonds is 3. The van der Waals surface area contributed by atoms with Gasteiger partial charge in [-0.3, -0.25) is 4.98 Å². The topological polar surface area (TPSA) is 38.9 Å². The van der Waals surface area contributed by atoms with Gasteiger partial charge in [0.25, 0.3) is 0 Å². The Kier molecular flexibility index (Phi) is 3.23. The lowest BCUT2D eigenvalue weighted by Crippen LogP contribution is -2.15. The summed E-state index contributed by atoms with van der Waals surface area (Å²) in [7, 11) is 0. The van der Waals surface area contributed by atoms with Gasteiger partial charge < -0.3 is 5.73 Å². The summed E-state index contributed by atoms with van der Waals surface area (Å²) in [6.45, 7) is 4.09. The van der Waals surface area contributed by atoms with Crippen molar-refractivity contribution in [2.24, 2.45) is 5.73 Å². The predicted octanol–water partition coefficient (Wildman–Crippen LogP) is 1.67. The van der Waals surface area contributed by atoms with E-state index in [4.69, 9.17) is 5.73 Å². The average molecular weight is 164 g/mol. The number of hydrogen-bond donors (Lipinski definition) is 1. The van der Waals surface area contributed by atoms with Gasteiger partial charge in [0.2, 0.25) is 0 Å². The molecule has 0 radical (unpaired) electrons. The lowest BCUT2D eigenvalue weighted by molar-refractivity contribution is 0.665. The van der Waals surface area contributed by atoms with E-state index in [0.29, 0.717) is 0 Å². The fraction of sp³-hybridized carbons (Fsp3) is 0.500. The zero-order valence-electron chi connectivity index (χ0n) is 7.75. The van der Waals surface area contributed by atoms with Gasteiger partial charge in [-0.15, -0.1) is 0 Å². The molecule has 2 N–H and O–H groups in total. The van der Waals surface area contributed by atoms with Crippen molar-refractivity contribution in [1.29, 1.82) is 0 Å². The summed E-state index contributed by atoms with van der Waals surface area (Å²) in [5.74, 6) is 0. The molecule has 1 aromatic rings. The quantitative estimate of drug-likeness (QED) is 0.738. The molecule has 0 aliphatic carbocycles. The molecule has 0 amide bonds. The SMILES string of the molecule is Cc1cncc(CC[C@@H](C)N)c1. The third-order valence-corrected chi connectivity index (χ3v) is 1.82. The van der Waals surface area contributed by atoms with Crippen LogP contribution in [0, 0.1) is 6.92 Å². The van der Waals surface area contributed by atoms with Crippen LogP contribution in [0.15, 0.2) is 18.5 Å². The third-order valence-electron chi connectivity index (χ3n) is 1.82. The molecule has 0 saturated heterocycles. The molecular formula is C10H16N2. The fourth-order valence-corrected chi connectivity index (χ4v) is 1.15. The molecule has 0 bridgehead atoms. The first-order valence-corrected chi connectivity index (χ1v) is 4.34. The summed E-state index contributed by atoms with van der Waals surface area (Å²) in [6, 6.07) is 2.44. The van der Waals surface area contributed by atoms with E-state index in [0.717, 1.165) is 12.8 Å². The number of pyridine rings is 1. The van der Waals surface area contributed by atoms with E-state index in [1.165, 1.54) is 11.1 Å². The molecule has 2 heteroatoms. The van der Waals surface area contributed by atoms with E-state index in [2.05, 4.69) is 18.0 Å². The van der Waals surface area contributed by atoms with Crippen LogP contribution in [0.25, 0.3) is 0 Å². The van der Waals surface area contributed by atoms with Crippen molar-refractivity contribution in [2.45, 2.75) is 32.7 Å². The molecule has 1 heterocycles. The van der Waals surface area contributed by atoms with Gasteiger partial charge in [-0.1, -0.05) is 6.07 Å². The highest BCUT2D eigenvalue weighted by Gasteiger charge is 1.97. The van der Waals surface area contributed by atoms with Crippen molar-refractivity contribution in [3.05, 3.63) is 29.6 Å². The molecule has 0 aliphatic heterocycles. The van der Waals surface area contributed by atoms with Gasteiger partial charge in [0.1, 0.15) is 0 Å². The van der Waals surface area contributed by atoms with Crippen LogP contribution in [-0.2, 0) is 6.42 Å². The largest absolute Gasteiger partial charge is 0.328 e. The molecule has 2 nitrogen and oxygen atoms in total. The van der Waals surface area contributed by atoms with E-state index >= 15 is 0 Å². The summed E-state index contributed by atoms with van der Waals surface area (Å²) >= 11 is 0. The smallest absolute Gasteiger partial charge is 0.0300 e. The normalized spacial score (nSPS) is 12.9. The summed E-state index contributed by atoms with van der Waals surface area (Å²) in [4.78, 5) is 4.12. The summed E-state index contributed by atoms with van der Waals surface area (Å²) in [5.41, 5.74) is 8.16. The van der Waals surface area contributed by atoms with Crippen LogP contribution in [0.3, 0.4) is 0 Å². The first kappa shape index (κ1) is 9.20. The summed E-state index contributed by atoms with van der Waals surface area (Å²) in [5, 5.41) is 0. The second-order valence-corrected chi connectivity index (χ2v) is 3.39. The minimum absolute atomic E-state index is 0.283. The van der Waals surface area contributed by atoms with Crippen LogP contribution in [0.4, 0.5) is 0 Å². The van der Waals surface area contributed by atoms with Gasteiger partial charge in [0, 0.05) is 18.4 Å². The Labute approximate surface area is 73.8 Å². The zero-order valence-corrected chi connectivity index (χ0v) is 7.75. The van der Waals surface area contributed by atoms with Crippen LogP contribution < -0.4 is 5.73 Å². The number of aryl methyl sites for hydroxylation is 2. The average Bonchev–Trinajstić information content (AvgIpc) is 2.01. The number of hydrogen-bond acceptors (Lipinski definition) is 2. The van der Waals surface area contributed by atoms with Crippen molar-refractivity contribution < 1.29 is 0 Å². The van der Waals surface area contributed by atoms with Gasteiger partial charge in [0.15, 0.2) is 0 Å². The molecule has 0 spiro atoms. The van der Waals surface area contributed by atoms with Crippen LogP contribution in [0.2, 0.25) is 0 Å². The molecular weight excluding hydrogens is 148 g/mol. The Morgan fingerprint density at radius 2 is 2.25 bits per heavy atom.